The predicted molar refractivity (Wildman–Crippen MR) is 62.8 cm³/mol. The van der Waals surface area contributed by atoms with Crippen molar-refractivity contribution in [3.05, 3.63) is 45.9 Å². The zero-order valence-electron chi connectivity index (χ0n) is 9.45. The maximum atomic E-state index is 11.7. The Bertz CT molecular complexity index is 511. The van der Waals surface area contributed by atoms with Crippen LogP contribution in [0.1, 0.15) is 35.8 Å². The van der Waals surface area contributed by atoms with E-state index in [9.17, 15) is 9.59 Å². The number of nitrogens with zero attached hydrogens (tertiary/aromatic N) is 1. The number of carbonyl (C=O) groups is 1. The Morgan fingerprint density at radius 3 is 2.81 bits per heavy atom. The van der Waals surface area contributed by atoms with E-state index in [1.54, 1.807) is 10.6 Å². The number of pyridine rings is 1. The van der Waals surface area contributed by atoms with Crippen LogP contribution in [0.5, 0.6) is 0 Å². The first-order valence-corrected chi connectivity index (χ1v) is 5.50. The molecule has 84 valence electrons. The molecule has 0 N–H and O–H groups in total. The van der Waals surface area contributed by atoms with E-state index in [2.05, 4.69) is 6.58 Å². The van der Waals surface area contributed by atoms with Crippen molar-refractivity contribution in [3.8, 4) is 0 Å². The Morgan fingerprint density at radius 2 is 2.12 bits per heavy atom. The second kappa shape index (κ2) is 4.08. The molecule has 0 amide bonds. The van der Waals surface area contributed by atoms with Gasteiger partial charge in [0.2, 0.25) is 0 Å². The molecule has 0 saturated carbocycles. The molecule has 1 aromatic heterocycles. The number of hydrogen-bond acceptors (Lipinski definition) is 2. The SMILES string of the molecule is C=C(C)Cn1c2c(ccc1=O)C(=O)CCC2. The lowest BCUT2D eigenvalue weighted by atomic mass is 9.94. The molecule has 0 aromatic carbocycles. The van der Waals surface area contributed by atoms with Gasteiger partial charge in [0.05, 0.1) is 0 Å². The Balaban J connectivity index is 2.58. The van der Waals surface area contributed by atoms with Gasteiger partial charge in [0.25, 0.3) is 5.56 Å². The van der Waals surface area contributed by atoms with Crippen molar-refractivity contribution in [2.24, 2.45) is 0 Å². The number of Topliss-reactive ketones (excluding diaryl/α,β-unsaturated/α-hetero) is 1. The molecule has 1 heterocycles. The van der Waals surface area contributed by atoms with Gasteiger partial charge in [-0.2, -0.15) is 0 Å². The molecule has 0 spiro atoms. The fraction of sp³-hybridized carbons (Fsp3) is 0.385. The van der Waals surface area contributed by atoms with Gasteiger partial charge in [-0.25, -0.2) is 0 Å². The van der Waals surface area contributed by atoms with Gasteiger partial charge in [0.1, 0.15) is 0 Å². The average Bonchev–Trinajstić information content (AvgIpc) is 2.22. The summed E-state index contributed by atoms with van der Waals surface area (Å²) in [7, 11) is 0. The minimum atomic E-state index is -0.0450. The summed E-state index contributed by atoms with van der Waals surface area (Å²) in [5, 5.41) is 0. The third kappa shape index (κ3) is 1.85. The van der Waals surface area contributed by atoms with Crippen molar-refractivity contribution in [1.82, 2.24) is 4.57 Å². The highest BCUT2D eigenvalue weighted by Crippen LogP contribution is 2.19. The van der Waals surface area contributed by atoms with Crippen LogP contribution in [-0.4, -0.2) is 10.4 Å². The van der Waals surface area contributed by atoms with Crippen LogP contribution in [0.25, 0.3) is 0 Å². The molecule has 0 unspecified atom stereocenters. The van der Waals surface area contributed by atoms with Crippen molar-refractivity contribution in [3.63, 3.8) is 0 Å². The lowest BCUT2D eigenvalue weighted by Gasteiger charge is -2.19. The molecule has 1 aliphatic carbocycles. The predicted octanol–water partition coefficient (Wildman–Crippen LogP) is 1.94. The molecule has 0 bridgehead atoms. The Hall–Kier alpha value is -1.64. The normalized spacial score (nSPS) is 14.7. The van der Waals surface area contributed by atoms with Crippen LogP contribution in [0.4, 0.5) is 0 Å². The first kappa shape index (κ1) is 10.9. The van der Waals surface area contributed by atoms with Crippen LogP contribution in [0.2, 0.25) is 0 Å². The molecule has 1 aromatic rings. The Morgan fingerprint density at radius 1 is 1.38 bits per heavy atom. The number of ketones is 1. The monoisotopic (exact) mass is 217 g/mol. The van der Waals surface area contributed by atoms with E-state index in [-0.39, 0.29) is 11.3 Å². The fourth-order valence-corrected chi connectivity index (χ4v) is 2.14. The van der Waals surface area contributed by atoms with Crippen LogP contribution in [0, 0.1) is 0 Å². The van der Waals surface area contributed by atoms with E-state index >= 15 is 0 Å². The summed E-state index contributed by atoms with van der Waals surface area (Å²) in [4.78, 5) is 23.4. The standard InChI is InChI=1S/C13H15NO2/c1-9(2)8-14-11-4-3-5-12(15)10(11)6-7-13(14)16/h6-7H,1,3-5,8H2,2H3. The third-order valence-electron chi connectivity index (χ3n) is 2.84. The van der Waals surface area contributed by atoms with Crippen molar-refractivity contribution in [2.75, 3.05) is 0 Å². The molecular weight excluding hydrogens is 202 g/mol. The quantitative estimate of drug-likeness (QED) is 0.710. The van der Waals surface area contributed by atoms with Crippen LogP contribution >= 0.6 is 0 Å². The average molecular weight is 217 g/mol. The van der Waals surface area contributed by atoms with Gasteiger partial charge in [0.15, 0.2) is 5.78 Å². The zero-order chi connectivity index (χ0) is 11.7. The summed E-state index contributed by atoms with van der Waals surface area (Å²) in [6, 6.07) is 3.14. The summed E-state index contributed by atoms with van der Waals surface area (Å²) in [5.74, 6) is 0.150. The topological polar surface area (TPSA) is 39.1 Å². The highest BCUT2D eigenvalue weighted by molar-refractivity contribution is 5.97. The van der Waals surface area contributed by atoms with E-state index in [1.165, 1.54) is 6.07 Å². The van der Waals surface area contributed by atoms with Gasteiger partial charge in [-0.1, -0.05) is 12.2 Å². The molecule has 0 fully saturated rings. The van der Waals surface area contributed by atoms with Crippen molar-refractivity contribution in [2.45, 2.75) is 32.7 Å². The van der Waals surface area contributed by atoms with Gasteiger partial charge >= 0.3 is 0 Å². The van der Waals surface area contributed by atoms with Crippen LogP contribution < -0.4 is 5.56 Å². The number of allylic oxidation sites excluding steroid dienone is 1. The van der Waals surface area contributed by atoms with Crippen LogP contribution in [0.15, 0.2) is 29.1 Å². The van der Waals surface area contributed by atoms with E-state index < -0.39 is 0 Å². The third-order valence-corrected chi connectivity index (χ3v) is 2.84. The highest BCUT2D eigenvalue weighted by Gasteiger charge is 2.20. The summed E-state index contributed by atoms with van der Waals surface area (Å²) in [6.45, 7) is 6.21. The summed E-state index contributed by atoms with van der Waals surface area (Å²) >= 11 is 0. The molecule has 3 nitrogen and oxygen atoms in total. The molecule has 16 heavy (non-hydrogen) atoms. The van der Waals surface area contributed by atoms with Crippen molar-refractivity contribution in [1.29, 1.82) is 0 Å². The molecule has 0 atom stereocenters. The first-order chi connectivity index (χ1) is 7.59. The Labute approximate surface area is 94.4 Å². The number of hydrogen-bond donors (Lipinski definition) is 0. The van der Waals surface area contributed by atoms with Gasteiger partial charge in [-0.3, -0.25) is 9.59 Å². The van der Waals surface area contributed by atoms with E-state index in [4.69, 9.17) is 0 Å². The lowest BCUT2D eigenvalue weighted by molar-refractivity contribution is 0.0970. The number of carbonyl (C=O) groups excluding carboxylic acids is 1. The minimum absolute atomic E-state index is 0.0450. The second-order valence-electron chi connectivity index (χ2n) is 4.35. The smallest absolute Gasteiger partial charge is 0.251 e. The number of aromatic nitrogens is 1. The van der Waals surface area contributed by atoms with E-state index in [1.807, 2.05) is 6.92 Å². The fourth-order valence-electron chi connectivity index (χ4n) is 2.14. The molecule has 3 heteroatoms. The Kier molecular flexibility index (Phi) is 2.77. The second-order valence-corrected chi connectivity index (χ2v) is 4.35. The van der Waals surface area contributed by atoms with E-state index in [0.717, 1.165) is 24.1 Å². The van der Waals surface area contributed by atoms with Gasteiger partial charge in [-0.15, -0.1) is 0 Å². The number of rotatable bonds is 2. The van der Waals surface area contributed by atoms with E-state index in [0.29, 0.717) is 18.5 Å². The lowest BCUT2D eigenvalue weighted by Crippen LogP contribution is -2.28. The maximum absolute atomic E-state index is 11.7. The molecule has 0 saturated heterocycles. The van der Waals surface area contributed by atoms with Crippen molar-refractivity contribution >= 4 is 5.78 Å². The highest BCUT2D eigenvalue weighted by atomic mass is 16.1. The maximum Gasteiger partial charge on any atom is 0.251 e. The minimum Gasteiger partial charge on any atom is -0.308 e. The molecule has 2 rings (SSSR count). The summed E-state index contributed by atoms with van der Waals surface area (Å²) in [5.41, 5.74) is 2.48. The first-order valence-electron chi connectivity index (χ1n) is 5.50. The van der Waals surface area contributed by atoms with Gasteiger partial charge in [-0.05, 0) is 25.8 Å². The summed E-state index contributed by atoms with van der Waals surface area (Å²) in [6.07, 6.45) is 2.24. The van der Waals surface area contributed by atoms with Gasteiger partial charge < -0.3 is 4.57 Å². The molecule has 0 aliphatic heterocycles. The van der Waals surface area contributed by atoms with Gasteiger partial charge in [0, 0.05) is 30.3 Å². The van der Waals surface area contributed by atoms with Crippen LogP contribution in [-0.2, 0) is 13.0 Å². The molecular formula is C13H15NO2. The zero-order valence-corrected chi connectivity index (χ0v) is 9.45. The summed E-state index contributed by atoms with van der Waals surface area (Å²) < 4.78 is 1.68. The largest absolute Gasteiger partial charge is 0.308 e. The van der Waals surface area contributed by atoms with Crippen molar-refractivity contribution < 1.29 is 4.79 Å². The molecule has 1 aliphatic rings. The molecule has 0 radical (unpaired) electrons. The number of fused-ring (bicyclic) bond motifs is 1. The van der Waals surface area contributed by atoms with Crippen LogP contribution in [0.3, 0.4) is 0 Å².